The average molecular weight is 607 g/mol. The lowest BCUT2D eigenvalue weighted by Gasteiger charge is -2.31. The second-order valence-corrected chi connectivity index (χ2v) is 10.5. The quantitative estimate of drug-likeness (QED) is 0.203. The third kappa shape index (κ3) is 7.45. The van der Waals surface area contributed by atoms with Crippen LogP contribution in [-0.4, -0.2) is 79.0 Å². The number of urea groups is 1. The zero-order valence-corrected chi connectivity index (χ0v) is 23.6. The maximum atomic E-state index is 13.4. The molecule has 14 heteroatoms. The summed E-state index contributed by atoms with van der Waals surface area (Å²) in [4.78, 5) is 32.3. The number of amidine groups is 1. The molecule has 1 aromatic heterocycles. The molecule has 42 heavy (non-hydrogen) atoms. The number of alkyl halides is 3. The zero-order chi connectivity index (χ0) is 30.4. The van der Waals surface area contributed by atoms with Gasteiger partial charge in [0.15, 0.2) is 11.9 Å². The smallest absolute Gasteiger partial charge is 0.381 e. The van der Waals surface area contributed by atoms with Crippen LogP contribution in [-0.2, 0) is 6.54 Å². The van der Waals surface area contributed by atoms with Gasteiger partial charge in [0.2, 0.25) is 5.84 Å². The second-order valence-electron chi connectivity index (χ2n) is 10.0. The SMILES string of the molecule is CN(C(=O)c1ccccc1-n1cnc(CNC(=O)/[N+](C[C@H](O)C(F)(F)F)=C(\N)c2ccc(Cl)cc2)n1)C1CCCCC1. The van der Waals surface area contributed by atoms with Crippen molar-refractivity contribution in [1.29, 1.82) is 0 Å². The first-order valence-corrected chi connectivity index (χ1v) is 13.8. The fraction of sp³-hybridized carbons (Fsp3) is 0.393. The Bertz CT molecular complexity index is 1440. The summed E-state index contributed by atoms with van der Waals surface area (Å²) in [5.41, 5.74) is 7.20. The number of amides is 3. The Labute approximate surface area is 245 Å². The second kappa shape index (κ2) is 13.3. The van der Waals surface area contributed by atoms with Crippen LogP contribution in [0, 0.1) is 0 Å². The van der Waals surface area contributed by atoms with Crippen molar-refractivity contribution in [3.63, 3.8) is 0 Å². The van der Waals surface area contributed by atoms with E-state index < -0.39 is 24.9 Å². The van der Waals surface area contributed by atoms with Gasteiger partial charge < -0.3 is 15.7 Å². The fourth-order valence-corrected chi connectivity index (χ4v) is 4.89. The topological polar surface area (TPSA) is 129 Å². The van der Waals surface area contributed by atoms with Crippen LogP contribution in [0.3, 0.4) is 0 Å². The van der Waals surface area contributed by atoms with E-state index in [1.807, 2.05) is 0 Å². The summed E-state index contributed by atoms with van der Waals surface area (Å²) >= 11 is 5.88. The summed E-state index contributed by atoms with van der Waals surface area (Å²) in [5.74, 6) is -0.331. The Morgan fingerprint density at radius 1 is 1.17 bits per heavy atom. The number of aliphatic hydroxyl groups is 1. The van der Waals surface area contributed by atoms with E-state index in [2.05, 4.69) is 15.4 Å². The number of aliphatic hydroxyl groups excluding tert-OH is 1. The number of halogens is 4. The number of hydrogen-bond donors (Lipinski definition) is 3. The van der Waals surface area contributed by atoms with E-state index in [0.717, 1.165) is 25.7 Å². The first kappa shape index (κ1) is 31.0. The lowest BCUT2D eigenvalue weighted by molar-refractivity contribution is -0.455. The molecular formula is C28H32ClF3N7O3+. The molecule has 0 radical (unpaired) electrons. The highest BCUT2D eigenvalue weighted by atomic mass is 35.5. The minimum absolute atomic E-state index is 0.132. The predicted octanol–water partition coefficient (Wildman–Crippen LogP) is 3.88. The lowest BCUT2D eigenvalue weighted by Crippen LogP contribution is -2.47. The molecule has 3 aromatic rings. The van der Waals surface area contributed by atoms with Crippen molar-refractivity contribution < 1.29 is 32.4 Å². The minimum Gasteiger partial charge on any atom is -0.381 e. The van der Waals surface area contributed by atoms with Crippen molar-refractivity contribution in [2.24, 2.45) is 5.73 Å². The van der Waals surface area contributed by atoms with Crippen molar-refractivity contribution in [3.8, 4) is 5.69 Å². The minimum atomic E-state index is -4.98. The maximum absolute atomic E-state index is 13.4. The highest BCUT2D eigenvalue weighted by molar-refractivity contribution is 6.30. The number of nitrogens with zero attached hydrogens (tertiary/aromatic N) is 5. The number of para-hydroxylation sites is 1. The Hall–Kier alpha value is -3.97. The average Bonchev–Trinajstić information content (AvgIpc) is 3.46. The molecule has 1 atom stereocenters. The number of rotatable bonds is 8. The molecule has 1 aliphatic carbocycles. The van der Waals surface area contributed by atoms with Crippen molar-refractivity contribution in [2.75, 3.05) is 13.6 Å². The first-order chi connectivity index (χ1) is 20.0. The van der Waals surface area contributed by atoms with Gasteiger partial charge in [-0.2, -0.15) is 17.7 Å². The summed E-state index contributed by atoms with van der Waals surface area (Å²) in [6, 6.07) is 11.9. The molecule has 1 aliphatic rings. The van der Waals surface area contributed by atoms with Crippen LogP contribution in [0.1, 0.15) is 53.8 Å². The van der Waals surface area contributed by atoms with Gasteiger partial charge in [0.25, 0.3) is 5.91 Å². The monoisotopic (exact) mass is 606 g/mol. The van der Waals surface area contributed by atoms with Crippen molar-refractivity contribution in [3.05, 3.63) is 76.8 Å². The zero-order valence-electron chi connectivity index (χ0n) is 22.9. The van der Waals surface area contributed by atoms with E-state index in [9.17, 15) is 27.9 Å². The molecule has 3 amide bonds. The number of nitrogens with one attached hydrogen (secondary N) is 1. The van der Waals surface area contributed by atoms with E-state index >= 15 is 0 Å². The normalized spacial score (nSPS) is 15.6. The first-order valence-electron chi connectivity index (χ1n) is 13.4. The van der Waals surface area contributed by atoms with Crippen molar-refractivity contribution >= 4 is 29.4 Å². The molecule has 1 heterocycles. The maximum Gasteiger partial charge on any atom is 0.436 e. The van der Waals surface area contributed by atoms with E-state index in [0.29, 0.717) is 20.8 Å². The summed E-state index contributed by atoms with van der Waals surface area (Å²) < 4.78 is 41.4. The van der Waals surface area contributed by atoms with Crippen LogP contribution in [0.15, 0.2) is 54.9 Å². The number of carbonyl (C=O) groups is 2. The van der Waals surface area contributed by atoms with Gasteiger partial charge in [-0.25, -0.2) is 14.5 Å². The van der Waals surface area contributed by atoms with Gasteiger partial charge in [0.05, 0.1) is 11.3 Å². The number of hydrogen-bond acceptors (Lipinski definition) is 5. The highest BCUT2D eigenvalue weighted by Crippen LogP contribution is 2.25. The molecule has 0 saturated heterocycles. The van der Waals surface area contributed by atoms with Gasteiger partial charge in [-0.15, -0.1) is 5.10 Å². The molecule has 0 unspecified atom stereocenters. The lowest BCUT2D eigenvalue weighted by atomic mass is 9.94. The summed E-state index contributed by atoms with van der Waals surface area (Å²) in [6.45, 7) is -1.41. The van der Waals surface area contributed by atoms with Gasteiger partial charge >= 0.3 is 12.2 Å². The molecule has 4 N–H and O–H groups in total. The highest BCUT2D eigenvalue weighted by Gasteiger charge is 2.41. The molecule has 2 aromatic carbocycles. The van der Waals surface area contributed by atoms with Gasteiger partial charge in [0.1, 0.15) is 19.4 Å². The Morgan fingerprint density at radius 3 is 2.50 bits per heavy atom. The van der Waals surface area contributed by atoms with Crippen LogP contribution < -0.4 is 11.1 Å². The van der Waals surface area contributed by atoms with Crippen LogP contribution in [0.5, 0.6) is 0 Å². The van der Waals surface area contributed by atoms with Gasteiger partial charge in [-0.05, 0) is 49.2 Å². The predicted molar refractivity (Wildman–Crippen MR) is 149 cm³/mol. The Kier molecular flexibility index (Phi) is 9.84. The van der Waals surface area contributed by atoms with Crippen molar-refractivity contribution in [2.45, 2.75) is 57.0 Å². The van der Waals surface area contributed by atoms with Gasteiger partial charge in [0, 0.05) is 23.7 Å². The third-order valence-electron chi connectivity index (χ3n) is 7.17. The van der Waals surface area contributed by atoms with Crippen LogP contribution in [0.25, 0.3) is 5.69 Å². The molecule has 0 bridgehead atoms. The largest absolute Gasteiger partial charge is 0.436 e. The molecule has 1 fully saturated rings. The number of benzene rings is 2. The van der Waals surface area contributed by atoms with Crippen LogP contribution >= 0.6 is 11.6 Å². The molecule has 0 aliphatic heterocycles. The molecule has 4 rings (SSSR count). The molecule has 1 saturated carbocycles. The van der Waals surface area contributed by atoms with Crippen molar-refractivity contribution in [1.82, 2.24) is 25.0 Å². The number of carbonyl (C=O) groups excluding carboxylic acids is 2. The number of aromatic nitrogens is 3. The molecular weight excluding hydrogens is 575 g/mol. The molecule has 10 nitrogen and oxygen atoms in total. The van der Waals surface area contributed by atoms with Crippen LogP contribution in [0.2, 0.25) is 5.02 Å². The summed E-state index contributed by atoms with van der Waals surface area (Å²) in [5, 5.41) is 16.8. The van der Waals surface area contributed by atoms with E-state index in [1.54, 1.807) is 36.2 Å². The number of nitrogens with two attached hydrogens (primary N) is 1. The Morgan fingerprint density at radius 2 is 1.83 bits per heavy atom. The van der Waals surface area contributed by atoms with Gasteiger partial charge in [-0.1, -0.05) is 43.0 Å². The van der Waals surface area contributed by atoms with E-state index in [-0.39, 0.29) is 35.7 Å². The Balaban J connectivity index is 1.52. The fourth-order valence-electron chi connectivity index (χ4n) is 4.77. The van der Waals surface area contributed by atoms with E-state index in [4.69, 9.17) is 17.3 Å². The molecule has 224 valence electrons. The van der Waals surface area contributed by atoms with E-state index in [1.165, 1.54) is 41.7 Å². The van der Waals surface area contributed by atoms with Crippen LogP contribution in [0.4, 0.5) is 18.0 Å². The van der Waals surface area contributed by atoms with Gasteiger partial charge in [-0.3, -0.25) is 10.1 Å². The third-order valence-corrected chi connectivity index (χ3v) is 7.42. The summed E-state index contributed by atoms with van der Waals surface area (Å²) in [7, 11) is 1.80. The standard InChI is InChI=1S/C28H31ClF3N7O3/c1-37(20-7-3-2-4-8-20)26(41)21-9-5-6-10-22(21)39-17-35-24(36-39)15-34-27(42)38(16-23(40)28(30,31)32)25(33)18-11-13-19(29)14-12-18/h5-6,9-14,17,20,23,33,40H,2-4,7-8,15-16H2,1H3,(H,34,42)/p+1/t23-/m0/s1. The summed E-state index contributed by atoms with van der Waals surface area (Å²) in [6.07, 6.45) is -1.20. The molecule has 0 spiro atoms.